The summed E-state index contributed by atoms with van der Waals surface area (Å²) in [7, 11) is 0. The van der Waals surface area contributed by atoms with E-state index in [0.717, 1.165) is 44.9 Å². The highest BCUT2D eigenvalue weighted by Gasteiger charge is 2.22. The first-order valence-corrected chi connectivity index (χ1v) is 30.0. The lowest BCUT2D eigenvalue weighted by Gasteiger charge is -2.21. The van der Waals surface area contributed by atoms with Gasteiger partial charge in [-0.05, 0) is 70.6 Å². The molecule has 0 aromatic heterocycles. The fourth-order valence-electron chi connectivity index (χ4n) is 9.22. The van der Waals surface area contributed by atoms with Crippen LogP contribution in [0.4, 0.5) is 0 Å². The van der Waals surface area contributed by atoms with Crippen LogP contribution in [-0.4, -0.2) is 46.1 Å². The van der Waals surface area contributed by atoms with Crippen LogP contribution in [0.2, 0.25) is 0 Å². The molecule has 0 radical (unpaired) electrons. The second-order valence-corrected chi connectivity index (χ2v) is 20.5. The predicted octanol–water partition coefficient (Wildman–Crippen LogP) is 18.8. The van der Waals surface area contributed by atoms with E-state index in [1.165, 1.54) is 250 Å². The number of unbranched alkanes of at least 4 members (excludes halogenated alkanes) is 41. The van der Waals surface area contributed by atoms with E-state index in [0.29, 0.717) is 6.42 Å². The van der Waals surface area contributed by atoms with Crippen molar-refractivity contribution in [3.05, 3.63) is 48.6 Å². The van der Waals surface area contributed by atoms with Crippen molar-refractivity contribution in [2.75, 3.05) is 6.61 Å². The molecule has 0 saturated carbocycles. The van der Waals surface area contributed by atoms with Gasteiger partial charge in [0.15, 0.2) is 0 Å². The van der Waals surface area contributed by atoms with Crippen LogP contribution in [0.5, 0.6) is 0 Å². The quantitative estimate of drug-likeness (QED) is 0.0361. The molecule has 0 aliphatic heterocycles. The smallest absolute Gasteiger partial charge is 0.249 e. The lowest BCUT2D eigenvalue weighted by atomic mass is 10.0. The molecule has 0 rings (SSSR count). The van der Waals surface area contributed by atoms with Crippen LogP contribution in [0.25, 0.3) is 0 Å². The third kappa shape index (κ3) is 52.0. The number of amides is 1. The highest BCUT2D eigenvalue weighted by molar-refractivity contribution is 5.80. The molecule has 0 aliphatic carbocycles. The maximum Gasteiger partial charge on any atom is 0.249 e. The Kier molecular flexibility index (Phi) is 55.5. The van der Waals surface area contributed by atoms with Crippen LogP contribution < -0.4 is 5.32 Å². The normalized spacial score (nSPS) is 13.6. The number of carbonyl (C=O) groups is 1. The molecule has 4 N–H and O–H groups in total. The van der Waals surface area contributed by atoms with Gasteiger partial charge in [-0.25, -0.2) is 0 Å². The van der Waals surface area contributed by atoms with E-state index in [2.05, 4.69) is 55.6 Å². The van der Waals surface area contributed by atoms with Gasteiger partial charge in [0.05, 0.1) is 18.8 Å². The summed E-state index contributed by atoms with van der Waals surface area (Å²) in [5.41, 5.74) is 0. The second-order valence-electron chi connectivity index (χ2n) is 20.5. The van der Waals surface area contributed by atoms with Gasteiger partial charge in [0, 0.05) is 0 Å². The largest absolute Gasteiger partial charge is 0.394 e. The van der Waals surface area contributed by atoms with Crippen molar-refractivity contribution in [3.63, 3.8) is 0 Å². The summed E-state index contributed by atoms with van der Waals surface area (Å²) in [4.78, 5) is 12.5. The van der Waals surface area contributed by atoms with Crippen molar-refractivity contribution in [3.8, 4) is 0 Å². The minimum absolute atomic E-state index is 0.381. The monoisotopic (exact) mass is 940 g/mol. The van der Waals surface area contributed by atoms with E-state index >= 15 is 0 Å². The maximum atomic E-state index is 12.5. The number of allylic oxidation sites excluding steroid dienone is 7. The van der Waals surface area contributed by atoms with Crippen molar-refractivity contribution in [1.29, 1.82) is 0 Å². The highest BCUT2D eigenvalue weighted by atomic mass is 16.3. The number of aliphatic hydroxyl groups excluding tert-OH is 3. The van der Waals surface area contributed by atoms with Gasteiger partial charge in [-0.2, -0.15) is 0 Å². The van der Waals surface area contributed by atoms with Crippen LogP contribution in [-0.2, 0) is 4.79 Å². The van der Waals surface area contributed by atoms with Crippen molar-refractivity contribution in [2.24, 2.45) is 0 Å². The molecule has 0 aromatic rings. The maximum absolute atomic E-state index is 12.5. The Labute approximate surface area is 418 Å². The molecule has 0 spiro atoms. The SMILES string of the molecule is CCCCCCCCC/C=C/CC/C=C/CC/C=C/C(O)C(CO)NC(=O)C(O)CCCCCCCCCCCCCCCCCC/C=C\CCCCCCCCCCCCCCCCCC. The zero-order chi connectivity index (χ0) is 48.6. The molecule has 5 nitrogen and oxygen atoms in total. The van der Waals surface area contributed by atoms with Gasteiger partial charge in [-0.15, -0.1) is 0 Å². The van der Waals surface area contributed by atoms with Crippen molar-refractivity contribution in [2.45, 2.75) is 334 Å². The first kappa shape index (κ1) is 65.3. The fourth-order valence-corrected chi connectivity index (χ4v) is 9.22. The molecule has 1 amide bonds. The molecule has 0 heterocycles. The lowest BCUT2D eigenvalue weighted by Crippen LogP contribution is -2.48. The van der Waals surface area contributed by atoms with Gasteiger partial charge in [-0.1, -0.05) is 294 Å². The summed E-state index contributed by atoms with van der Waals surface area (Å²) >= 11 is 0. The first-order valence-electron chi connectivity index (χ1n) is 30.0. The van der Waals surface area contributed by atoms with Crippen LogP contribution >= 0.6 is 0 Å². The van der Waals surface area contributed by atoms with E-state index in [-0.39, 0.29) is 6.61 Å². The molecular formula is C62H117NO4. The first-order chi connectivity index (χ1) is 33.1. The van der Waals surface area contributed by atoms with E-state index in [4.69, 9.17) is 0 Å². The zero-order valence-electron chi connectivity index (χ0n) is 45.0. The van der Waals surface area contributed by atoms with Gasteiger partial charge < -0.3 is 20.6 Å². The number of carbonyl (C=O) groups excluding carboxylic acids is 1. The molecule has 0 aliphatic rings. The molecule has 3 unspecified atom stereocenters. The van der Waals surface area contributed by atoms with Crippen molar-refractivity contribution < 1.29 is 20.1 Å². The Balaban J connectivity index is 3.52. The van der Waals surface area contributed by atoms with Crippen LogP contribution in [0.15, 0.2) is 48.6 Å². The summed E-state index contributed by atoms with van der Waals surface area (Å²) in [6.07, 6.45) is 76.5. The minimum Gasteiger partial charge on any atom is -0.394 e. The fraction of sp³-hybridized carbons (Fsp3) is 0.855. The van der Waals surface area contributed by atoms with Gasteiger partial charge in [-0.3, -0.25) is 4.79 Å². The van der Waals surface area contributed by atoms with Crippen LogP contribution in [0.1, 0.15) is 316 Å². The second kappa shape index (κ2) is 56.9. The average Bonchev–Trinajstić information content (AvgIpc) is 3.33. The van der Waals surface area contributed by atoms with Crippen molar-refractivity contribution >= 4 is 5.91 Å². The Morgan fingerprint density at radius 1 is 0.358 bits per heavy atom. The van der Waals surface area contributed by atoms with E-state index in [9.17, 15) is 20.1 Å². The molecular weight excluding hydrogens is 823 g/mol. The Morgan fingerprint density at radius 3 is 0.910 bits per heavy atom. The molecule has 67 heavy (non-hydrogen) atoms. The minimum atomic E-state index is -1.11. The van der Waals surface area contributed by atoms with E-state index in [1.807, 2.05) is 6.08 Å². The molecule has 0 bridgehead atoms. The lowest BCUT2D eigenvalue weighted by molar-refractivity contribution is -0.131. The standard InChI is InChI=1S/C62H117NO4/c1-3-5-7-9-11-13-15-17-19-21-22-23-24-25-26-27-28-29-30-31-32-33-34-35-36-37-38-39-41-43-45-47-49-51-53-55-57-61(66)62(67)63-59(58-64)60(65)56-54-52-50-48-46-44-42-40-20-18-16-14-12-10-8-6-4-2/h20,29-30,40,46,48,54,56,59-61,64-66H,3-19,21-28,31-39,41-45,47,49-53,55,57-58H2,1-2H3,(H,63,67)/b30-29-,40-20+,48-46+,56-54+. The van der Waals surface area contributed by atoms with E-state index < -0.39 is 24.2 Å². The number of rotatable bonds is 55. The van der Waals surface area contributed by atoms with Crippen LogP contribution in [0.3, 0.4) is 0 Å². The Morgan fingerprint density at radius 2 is 0.612 bits per heavy atom. The van der Waals surface area contributed by atoms with Gasteiger partial charge in [0.25, 0.3) is 0 Å². The molecule has 0 aromatic carbocycles. The molecule has 0 saturated heterocycles. The molecule has 5 heteroatoms. The van der Waals surface area contributed by atoms with Gasteiger partial charge in [0.1, 0.15) is 6.10 Å². The number of hydrogen-bond acceptors (Lipinski definition) is 4. The number of nitrogens with one attached hydrogen (secondary N) is 1. The third-order valence-corrected chi connectivity index (χ3v) is 13.9. The summed E-state index contributed by atoms with van der Waals surface area (Å²) in [5, 5.41) is 33.3. The highest BCUT2D eigenvalue weighted by Crippen LogP contribution is 2.17. The number of hydrogen-bond donors (Lipinski definition) is 4. The summed E-state index contributed by atoms with van der Waals surface area (Å²) < 4.78 is 0. The Bertz CT molecular complexity index is 1080. The number of aliphatic hydroxyl groups is 3. The van der Waals surface area contributed by atoms with E-state index in [1.54, 1.807) is 6.08 Å². The topological polar surface area (TPSA) is 89.8 Å². The molecule has 0 fully saturated rings. The predicted molar refractivity (Wildman–Crippen MR) is 296 cm³/mol. The van der Waals surface area contributed by atoms with Gasteiger partial charge >= 0.3 is 0 Å². The average molecular weight is 941 g/mol. The molecule has 3 atom stereocenters. The van der Waals surface area contributed by atoms with Crippen molar-refractivity contribution in [1.82, 2.24) is 5.32 Å². The summed E-state index contributed by atoms with van der Waals surface area (Å²) in [6, 6.07) is -0.822. The summed E-state index contributed by atoms with van der Waals surface area (Å²) in [5.74, 6) is -0.514. The van der Waals surface area contributed by atoms with Gasteiger partial charge in [0.2, 0.25) is 5.91 Å². The third-order valence-electron chi connectivity index (χ3n) is 13.9. The van der Waals surface area contributed by atoms with Crippen LogP contribution in [0, 0.1) is 0 Å². The molecule has 394 valence electrons. The summed E-state index contributed by atoms with van der Waals surface area (Å²) in [6.45, 7) is 4.19. The zero-order valence-corrected chi connectivity index (χ0v) is 45.0. The Hall–Kier alpha value is -1.69.